The number of hydrogen-bond acceptors (Lipinski definition) is 3. The molecule has 0 fully saturated rings. The fraction of sp³-hybridized carbons (Fsp3) is 0.154. The number of benzene rings is 1. The highest BCUT2D eigenvalue weighted by molar-refractivity contribution is 9.11. The molecule has 0 aliphatic heterocycles. The molecule has 0 amide bonds. The van der Waals surface area contributed by atoms with E-state index in [1.54, 1.807) is 11.3 Å². The van der Waals surface area contributed by atoms with Gasteiger partial charge < -0.3 is 10.6 Å². The first kappa shape index (κ1) is 13.5. The van der Waals surface area contributed by atoms with Crippen molar-refractivity contribution in [3.8, 4) is 0 Å². The molecule has 1 aromatic carbocycles. The van der Waals surface area contributed by atoms with Crippen LogP contribution in [0.1, 0.15) is 10.4 Å². The number of hydrogen-bond donors (Lipinski definition) is 1. The average Bonchev–Trinajstić information content (AvgIpc) is 2.74. The summed E-state index contributed by atoms with van der Waals surface area (Å²) in [6, 6.07) is 12.1. The average molecular weight is 341 g/mol. The Hall–Kier alpha value is -0.910. The summed E-state index contributed by atoms with van der Waals surface area (Å²) in [5, 5.41) is 0. The van der Waals surface area contributed by atoms with E-state index in [4.69, 9.17) is 18.0 Å². The fourth-order valence-corrected chi connectivity index (χ4v) is 3.48. The van der Waals surface area contributed by atoms with Gasteiger partial charge in [0.2, 0.25) is 0 Å². The van der Waals surface area contributed by atoms with E-state index in [1.165, 1.54) is 4.88 Å². The molecule has 2 aromatic rings. The van der Waals surface area contributed by atoms with Crippen LogP contribution < -0.4 is 10.6 Å². The van der Waals surface area contributed by atoms with Crippen molar-refractivity contribution in [2.24, 2.45) is 5.73 Å². The van der Waals surface area contributed by atoms with Gasteiger partial charge in [-0.3, -0.25) is 0 Å². The number of thiophene rings is 1. The molecule has 94 valence electrons. The molecular formula is C13H13BrN2S2. The Labute approximate surface area is 125 Å². The lowest BCUT2D eigenvalue weighted by Gasteiger charge is -2.21. The zero-order chi connectivity index (χ0) is 13.1. The third-order valence-corrected chi connectivity index (χ3v) is 4.43. The van der Waals surface area contributed by atoms with Crippen LogP contribution >= 0.6 is 39.5 Å². The van der Waals surface area contributed by atoms with Gasteiger partial charge in [-0.25, -0.2) is 0 Å². The molecule has 0 atom stereocenters. The van der Waals surface area contributed by atoms with E-state index in [0.29, 0.717) is 4.99 Å². The second-order valence-electron chi connectivity index (χ2n) is 3.94. The van der Waals surface area contributed by atoms with Gasteiger partial charge in [0.05, 0.1) is 10.3 Å². The van der Waals surface area contributed by atoms with Crippen molar-refractivity contribution in [1.82, 2.24) is 0 Å². The van der Waals surface area contributed by atoms with Crippen LogP contribution in [0.25, 0.3) is 0 Å². The number of thiocarbonyl (C=S) groups is 1. The van der Waals surface area contributed by atoms with Gasteiger partial charge >= 0.3 is 0 Å². The Morgan fingerprint density at radius 1 is 1.33 bits per heavy atom. The highest BCUT2D eigenvalue weighted by Gasteiger charge is 2.10. The van der Waals surface area contributed by atoms with Crippen LogP contribution in [0, 0.1) is 0 Å². The van der Waals surface area contributed by atoms with Crippen molar-refractivity contribution in [3.63, 3.8) is 0 Å². The van der Waals surface area contributed by atoms with Gasteiger partial charge in [0.15, 0.2) is 0 Å². The fourth-order valence-electron chi connectivity index (χ4n) is 1.77. The van der Waals surface area contributed by atoms with E-state index >= 15 is 0 Å². The Bertz CT molecular complexity index is 566. The predicted octanol–water partition coefficient (Wildman–Crippen LogP) is 3.78. The number of nitrogens with zero attached hydrogens (tertiary/aromatic N) is 1. The van der Waals surface area contributed by atoms with Crippen LogP contribution in [0.2, 0.25) is 0 Å². The van der Waals surface area contributed by atoms with Crippen LogP contribution in [0.15, 0.2) is 40.2 Å². The maximum Gasteiger partial charge on any atom is 0.106 e. The summed E-state index contributed by atoms with van der Waals surface area (Å²) in [5.41, 5.74) is 7.74. The first-order valence-corrected chi connectivity index (χ1v) is 7.44. The molecule has 1 heterocycles. The summed E-state index contributed by atoms with van der Waals surface area (Å²) in [7, 11) is 2.05. The Morgan fingerprint density at radius 2 is 2.06 bits per heavy atom. The van der Waals surface area contributed by atoms with Crippen LogP contribution in [-0.4, -0.2) is 12.0 Å². The Balaban J connectivity index is 2.23. The number of halogens is 1. The molecule has 2 rings (SSSR count). The summed E-state index contributed by atoms with van der Waals surface area (Å²) in [4.78, 5) is 3.89. The van der Waals surface area contributed by atoms with E-state index < -0.39 is 0 Å². The second-order valence-corrected chi connectivity index (χ2v) is 6.93. The summed E-state index contributed by atoms with van der Waals surface area (Å²) in [5.74, 6) is 0. The lowest BCUT2D eigenvalue weighted by molar-refractivity contribution is 0.939. The summed E-state index contributed by atoms with van der Waals surface area (Å²) < 4.78 is 1.15. The van der Waals surface area contributed by atoms with Crippen molar-refractivity contribution < 1.29 is 0 Å². The smallest absolute Gasteiger partial charge is 0.106 e. The first-order valence-electron chi connectivity index (χ1n) is 5.42. The Kier molecular flexibility index (Phi) is 4.37. The van der Waals surface area contributed by atoms with E-state index in [9.17, 15) is 0 Å². The Morgan fingerprint density at radius 3 is 2.67 bits per heavy atom. The molecule has 0 unspecified atom stereocenters. The normalized spacial score (nSPS) is 10.3. The summed E-state index contributed by atoms with van der Waals surface area (Å²) >= 11 is 10.3. The summed E-state index contributed by atoms with van der Waals surface area (Å²) in [6.07, 6.45) is 0. The van der Waals surface area contributed by atoms with Crippen LogP contribution in [0.4, 0.5) is 5.69 Å². The van der Waals surface area contributed by atoms with E-state index in [1.807, 2.05) is 31.3 Å². The van der Waals surface area contributed by atoms with Gasteiger partial charge in [-0.2, -0.15) is 0 Å². The number of para-hydroxylation sites is 1. The van der Waals surface area contributed by atoms with Crippen LogP contribution in [-0.2, 0) is 6.54 Å². The lowest BCUT2D eigenvalue weighted by atomic mass is 10.1. The molecule has 2 nitrogen and oxygen atoms in total. The minimum absolute atomic E-state index is 0.435. The van der Waals surface area contributed by atoms with Crippen LogP contribution in [0.5, 0.6) is 0 Å². The van der Waals surface area contributed by atoms with Gasteiger partial charge in [-0.15, -0.1) is 11.3 Å². The van der Waals surface area contributed by atoms with Crippen molar-refractivity contribution in [2.45, 2.75) is 6.54 Å². The zero-order valence-electron chi connectivity index (χ0n) is 9.89. The highest BCUT2D eigenvalue weighted by Crippen LogP contribution is 2.26. The number of anilines is 1. The first-order chi connectivity index (χ1) is 8.58. The molecule has 18 heavy (non-hydrogen) atoms. The third kappa shape index (κ3) is 3.10. The maximum absolute atomic E-state index is 5.75. The highest BCUT2D eigenvalue weighted by atomic mass is 79.9. The van der Waals surface area contributed by atoms with E-state index in [0.717, 1.165) is 21.6 Å². The van der Waals surface area contributed by atoms with Gasteiger partial charge in [-0.1, -0.05) is 24.4 Å². The van der Waals surface area contributed by atoms with Gasteiger partial charge in [0.25, 0.3) is 0 Å². The quantitative estimate of drug-likeness (QED) is 0.858. The summed E-state index contributed by atoms with van der Waals surface area (Å²) in [6.45, 7) is 0.843. The van der Waals surface area contributed by atoms with Crippen LogP contribution in [0.3, 0.4) is 0 Å². The second kappa shape index (κ2) is 5.82. The monoisotopic (exact) mass is 340 g/mol. The minimum atomic E-state index is 0.435. The molecule has 0 saturated carbocycles. The predicted molar refractivity (Wildman–Crippen MR) is 86.5 cm³/mol. The molecule has 0 radical (unpaired) electrons. The van der Waals surface area contributed by atoms with Crippen molar-refractivity contribution in [2.75, 3.05) is 11.9 Å². The van der Waals surface area contributed by atoms with Crippen molar-refractivity contribution in [1.29, 1.82) is 0 Å². The molecule has 2 N–H and O–H groups in total. The lowest BCUT2D eigenvalue weighted by Crippen LogP contribution is -2.20. The molecule has 0 bridgehead atoms. The zero-order valence-corrected chi connectivity index (χ0v) is 13.1. The van der Waals surface area contributed by atoms with Gasteiger partial charge in [-0.05, 0) is 40.2 Å². The van der Waals surface area contributed by atoms with Crippen molar-refractivity contribution in [3.05, 3.63) is 50.6 Å². The number of nitrogens with two attached hydrogens (primary N) is 1. The van der Waals surface area contributed by atoms with E-state index in [-0.39, 0.29) is 0 Å². The van der Waals surface area contributed by atoms with Crippen molar-refractivity contribution >= 4 is 50.2 Å². The molecule has 1 aromatic heterocycles. The molecule has 0 aliphatic rings. The number of rotatable bonds is 4. The molecular weight excluding hydrogens is 328 g/mol. The standard InChI is InChI=1S/C13H13BrN2S2/c1-16(8-9-6-7-12(14)18-9)11-5-3-2-4-10(11)13(15)17/h2-7H,8H2,1H3,(H2,15,17). The SMILES string of the molecule is CN(Cc1ccc(Br)s1)c1ccccc1C(N)=S. The third-order valence-electron chi connectivity index (χ3n) is 2.60. The molecule has 5 heteroatoms. The maximum atomic E-state index is 5.75. The largest absolute Gasteiger partial charge is 0.389 e. The van der Waals surface area contributed by atoms with Gasteiger partial charge in [0, 0.05) is 23.2 Å². The van der Waals surface area contributed by atoms with Gasteiger partial charge in [0.1, 0.15) is 4.99 Å². The topological polar surface area (TPSA) is 29.3 Å². The van der Waals surface area contributed by atoms with E-state index in [2.05, 4.69) is 33.0 Å². The molecule has 0 aliphatic carbocycles. The molecule has 0 spiro atoms. The minimum Gasteiger partial charge on any atom is -0.389 e. The molecule has 0 saturated heterocycles.